The lowest BCUT2D eigenvalue weighted by atomic mass is 10.1. The van der Waals surface area contributed by atoms with Crippen molar-refractivity contribution in [2.24, 2.45) is 0 Å². The lowest BCUT2D eigenvalue weighted by molar-refractivity contribution is 0.613. The van der Waals surface area contributed by atoms with E-state index in [1.807, 2.05) is 0 Å². The highest BCUT2D eigenvalue weighted by molar-refractivity contribution is 5.37. The number of halogens is 1. The van der Waals surface area contributed by atoms with Crippen LogP contribution in [0.1, 0.15) is 44.1 Å². The van der Waals surface area contributed by atoms with Gasteiger partial charge in [-0.15, -0.1) is 5.10 Å². The Morgan fingerprint density at radius 2 is 1.79 bits per heavy atom. The highest BCUT2D eigenvalue weighted by atomic mass is 19.1. The summed E-state index contributed by atoms with van der Waals surface area (Å²) in [6, 6.07) is 7.01. The molecule has 3 rings (SSSR count). The van der Waals surface area contributed by atoms with Gasteiger partial charge in [-0.25, -0.2) is 4.39 Å². The third kappa shape index (κ3) is 5.15. The predicted octanol–water partition coefficient (Wildman–Crippen LogP) is 3.80. The first kappa shape index (κ1) is 16.6. The summed E-state index contributed by atoms with van der Waals surface area (Å²) in [6.07, 6.45) is 9.95. The average Bonchev–Trinajstić information content (AvgIpc) is 2.86. The molecule has 128 valence electrons. The van der Waals surface area contributed by atoms with Gasteiger partial charge in [-0.2, -0.15) is 10.1 Å². The van der Waals surface area contributed by atoms with Gasteiger partial charge in [0.1, 0.15) is 5.82 Å². The molecule has 0 aliphatic heterocycles. The van der Waals surface area contributed by atoms with Gasteiger partial charge in [-0.3, -0.25) is 0 Å². The van der Waals surface area contributed by atoms with Crippen LogP contribution in [0.25, 0.3) is 0 Å². The van der Waals surface area contributed by atoms with E-state index in [2.05, 4.69) is 25.8 Å². The number of rotatable bonds is 6. The summed E-state index contributed by atoms with van der Waals surface area (Å²) in [5.74, 6) is 1.10. The van der Waals surface area contributed by atoms with Gasteiger partial charge in [0.2, 0.25) is 5.95 Å². The van der Waals surface area contributed by atoms with Crippen LogP contribution < -0.4 is 10.6 Å². The van der Waals surface area contributed by atoms with Crippen molar-refractivity contribution in [3.05, 3.63) is 41.8 Å². The Hall–Kier alpha value is -2.24. The topological polar surface area (TPSA) is 62.7 Å². The molecular weight excluding hydrogens is 305 g/mol. The summed E-state index contributed by atoms with van der Waals surface area (Å²) >= 11 is 0. The molecule has 2 N–H and O–H groups in total. The first-order chi connectivity index (χ1) is 11.8. The second-order valence-corrected chi connectivity index (χ2v) is 6.30. The average molecular weight is 329 g/mol. The Morgan fingerprint density at radius 3 is 2.54 bits per heavy atom. The molecule has 0 radical (unpaired) electrons. The van der Waals surface area contributed by atoms with Gasteiger partial charge in [-0.1, -0.05) is 37.8 Å². The normalized spacial score (nSPS) is 15.7. The van der Waals surface area contributed by atoms with Gasteiger partial charge >= 0.3 is 0 Å². The highest BCUT2D eigenvalue weighted by Crippen LogP contribution is 2.19. The van der Waals surface area contributed by atoms with Gasteiger partial charge in [0.25, 0.3) is 0 Å². The Morgan fingerprint density at radius 1 is 1.04 bits per heavy atom. The molecule has 5 nitrogen and oxygen atoms in total. The molecule has 0 unspecified atom stereocenters. The Kier molecular flexibility index (Phi) is 5.93. The van der Waals surface area contributed by atoms with Crippen LogP contribution in [-0.4, -0.2) is 27.8 Å². The molecule has 1 aromatic carbocycles. The fourth-order valence-electron chi connectivity index (χ4n) is 3.04. The van der Waals surface area contributed by atoms with Gasteiger partial charge in [0, 0.05) is 12.6 Å². The van der Waals surface area contributed by atoms with Crippen molar-refractivity contribution >= 4 is 11.8 Å². The molecule has 0 saturated heterocycles. The molecule has 6 heteroatoms. The number of hydrogen-bond donors (Lipinski definition) is 2. The molecule has 24 heavy (non-hydrogen) atoms. The monoisotopic (exact) mass is 329 g/mol. The van der Waals surface area contributed by atoms with Crippen LogP contribution >= 0.6 is 0 Å². The van der Waals surface area contributed by atoms with Gasteiger partial charge < -0.3 is 10.6 Å². The largest absolute Gasteiger partial charge is 0.368 e. The van der Waals surface area contributed by atoms with E-state index >= 15 is 0 Å². The van der Waals surface area contributed by atoms with E-state index < -0.39 is 0 Å². The fraction of sp³-hybridized carbons (Fsp3) is 0.500. The maximum Gasteiger partial charge on any atom is 0.244 e. The summed E-state index contributed by atoms with van der Waals surface area (Å²) in [4.78, 5) is 4.49. The number of anilines is 2. The van der Waals surface area contributed by atoms with Crippen LogP contribution in [0.15, 0.2) is 30.5 Å². The van der Waals surface area contributed by atoms with Crippen LogP contribution in [0, 0.1) is 5.82 Å². The van der Waals surface area contributed by atoms with Crippen molar-refractivity contribution in [3.63, 3.8) is 0 Å². The molecule has 0 spiro atoms. The second-order valence-electron chi connectivity index (χ2n) is 6.30. The summed E-state index contributed by atoms with van der Waals surface area (Å²) in [5.41, 5.74) is 1.09. The van der Waals surface area contributed by atoms with Gasteiger partial charge in [0.15, 0.2) is 5.82 Å². The smallest absolute Gasteiger partial charge is 0.244 e. The van der Waals surface area contributed by atoms with Gasteiger partial charge in [0.05, 0.1) is 6.20 Å². The third-order valence-electron chi connectivity index (χ3n) is 4.38. The molecule has 1 aliphatic rings. The summed E-state index contributed by atoms with van der Waals surface area (Å²) in [6.45, 7) is 0.715. The van der Waals surface area contributed by atoms with Crippen molar-refractivity contribution < 1.29 is 4.39 Å². The van der Waals surface area contributed by atoms with E-state index in [-0.39, 0.29) is 5.82 Å². The molecule has 0 amide bonds. The summed E-state index contributed by atoms with van der Waals surface area (Å²) in [5, 5.41) is 14.8. The zero-order chi connectivity index (χ0) is 16.6. The number of aromatic nitrogens is 3. The number of benzene rings is 1. The Labute approximate surface area is 142 Å². The zero-order valence-electron chi connectivity index (χ0n) is 13.8. The minimum atomic E-state index is -0.207. The lowest BCUT2D eigenvalue weighted by Gasteiger charge is -2.16. The Balaban J connectivity index is 1.50. The first-order valence-electron chi connectivity index (χ1n) is 8.74. The molecule has 1 saturated carbocycles. The first-order valence-corrected chi connectivity index (χ1v) is 8.74. The van der Waals surface area contributed by atoms with Crippen molar-refractivity contribution in [3.8, 4) is 0 Å². The van der Waals surface area contributed by atoms with Crippen molar-refractivity contribution in [1.29, 1.82) is 0 Å². The number of hydrogen-bond acceptors (Lipinski definition) is 5. The number of nitrogens with one attached hydrogen (secondary N) is 2. The zero-order valence-corrected chi connectivity index (χ0v) is 13.8. The summed E-state index contributed by atoms with van der Waals surface area (Å²) < 4.78 is 12.9. The van der Waals surface area contributed by atoms with Crippen molar-refractivity contribution in [1.82, 2.24) is 15.2 Å². The molecule has 2 aromatic rings. The maximum absolute atomic E-state index is 12.9. The van der Waals surface area contributed by atoms with Gasteiger partial charge in [-0.05, 0) is 37.0 Å². The van der Waals surface area contributed by atoms with E-state index in [0.29, 0.717) is 24.4 Å². The van der Waals surface area contributed by atoms with E-state index in [4.69, 9.17) is 0 Å². The summed E-state index contributed by atoms with van der Waals surface area (Å²) in [7, 11) is 0. The maximum atomic E-state index is 12.9. The minimum Gasteiger partial charge on any atom is -0.368 e. The highest BCUT2D eigenvalue weighted by Gasteiger charge is 2.13. The number of nitrogens with zero attached hydrogens (tertiary/aromatic N) is 3. The van der Waals surface area contributed by atoms with E-state index in [0.717, 1.165) is 12.0 Å². The third-order valence-corrected chi connectivity index (χ3v) is 4.38. The minimum absolute atomic E-state index is 0.207. The SMILES string of the molecule is Fc1ccc(CCNc2cnnc(NC3CCCCCC3)n2)cc1. The second kappa shape index (κ2) is 8.57. The molecule has 0 bridgehead atoms. The predicted molar refractivity (Wildman–Crippen MR) is 93.5 cm³/mol. The van der Waals surface area contributed by atoms with Crippen LogP contribution in [0.2, 0.25) is 0 Å². The van der Waals surface area contributed by atoms with E-state index in [1.54, 1.807) is 18.3 Å². The molecule has 1 heterocycles. The van der Waals surface area contributed by atoms with E-state index in [1.165, 1.54) is 50.7 Å². The van der Waals surface area contributed by atoms with Crippen LogP contribution in [0.5, 0.6) is 0 Å². The fourth-order valence-corrected chi connectivity index (χ4v) is 3.04. The molecule has 1 aromatic heterocycles. The molecule has 1 aliphatic carbocycles. The standard InChI is InChI=1S/C18H24FN5/c19-15-9-7-14(8-10-15)11-12-20-17-13-21-24-18(23-17)22-16-5-3-1-2-4-6-16/h7-10,13,16H,1-6,11-12H2,(H2,20,22,23,24). The van der Waals surface area contributed by atoms with E-state index in [9.17, 15) is 4.39 Å². The van der Waals surface area contributed by atoms with Crippen LogP contribution in [0.4, 0.5) is 16.2 Å². The molecular formula is C18H24FN5. The molecule has 1 fully saturated rings. The van der Waals surface area contributed by atoms with Crippen molar-refractivity contribution in [2.45, 2.75) is 51.0 Å². The quantitative estimate of drug-likeness (QED) is 0.789. The van der Waals surface area contributed by atoms with Crippen LogP contribution in [-0.2, 0) is 6.42 Å². The van der Waals surface area contributed by atoms with Crippen LogP contribution in [0.3, 0.4) is 0 Å². The van der Waals surface area contributed by atoms with Crippen molar-refractivity contribution in [2.75, 3.05) is 17.2 Å². The Bertz CT molecular complexity index is 624. The molecule has 0 atom stereocenters. The lowest BCUT2D eigenvalue weighted by Crippen LogP contribution is -2.20.